The number of rotatable bonds is 21. The topological polar surface area (TPSA) is 40.1 Å². The molecule has 2 unspecified atom stereocenters. The third-order valence-electron chi connectivity index (χ3n) is 6.58. The van der Waals surface area contributed by atoms with Gasteiger partial charge in [-0.2, -0.15) is 0 Å². The first-order valence-corrected chi connectivity index (χ1v) is 14.1. The number of unbranched alkanes of at least 4 members (excludes halogenated alkanes) is 13. The van der Waals surface area contributed by atoms with Crippen LogP contribution in [-0.4, -0.2) is 30.9 Å². The highest BCUT2D eigenvalue weighted by molar-refractivity contribution is 7.38. The Morgan fingerprint density at radius 2 is 1.10 bits per heavy atom. The summed E-state index contributed by atoms with van der Waals surface area (Å²) in [5.41, 5.74) is 0. The Morgan fingerprint density at radius 1 is 0.667 bits per heavy atom. The molecule has 2 atom stereocenters. The zero-order valence-corrected chi connectivity index (χ0v) is 22.0. The molecule has 0 radical (unpaired) electrons. The number of hydrogen-bond acceptors (Lipinski definition) is 2. The van der Waals surface area contributed by atoms with Crippen molar-refractivity contribution in [3.63, 3.8) is 0 Å². The van der Waals surface area contributed by atoms with Crippen molar-refractivity contribution in [2.45, 2.75) is 135 Å². The molecule has 0 fully saturated rings. The lowest BCUT2D eigenvalue weighted by Crippen LogP contribution is -2.55. The Balaban J connectivity index is 3.73. The quantitative estimate of drug-likeness (QED) is 0.0779. The Labute approximate surface area is 190 Å². The fourth-order valence-corrected chi connectivity index (χ4v) is 5.69. The molecule has 30 heavy (non-hydrogen) atoms. The Morgan fingerprint density at radius 3 is 1.50 bits per heavy atom. The smallest absolute Gasteiger partial charge is 0.376 e. The van der Waals surface area contributed by atoms with E-state index in [0.29, 0.717) is 4.48 Å². The van der Waals surface area contributed by atoms with Gasteiger partial charge in [0.25, 0.3) is 5.28 Å². The van der Waals surface area contributed by atoms with E-state index in [2.05, 4.69) is 26.0 Å². The van der Waals surface area contributed by atoms with Crippen molar-refractivity contribution in [3.05, 3.63) is 12.2 Å². The second-order valence-electron chi connectivity index (χ2n) is 10.0. The summed E-state index contributed by atoms with van der Waals surface area (Å²) in [6.45, 7) is 4.36. The predicted molar refractivity (Wildman–Crippen MR) is 132 cm³/mol. The molecule has 3 nitrogen and oxygen atoms in total. The summed E-state index contributed by atoms with van der Waals surface area (Å²) < 4.78 is 12.6. The lowest BCUT2D eigenvalue weighted by Gasteiger charge is -2.39. The second kappa shape index (κ2) is 18.3. The molecular formula is C26H53NO2P+. The van der Waals surface area contributed by atoms with Crippen molar-refractivity contribution in [3.8, 4) is 0 Å². The van der Waals surface area contributed by atoms with Crippen LogP contribution in [0.2, 0.25) is 0 Å². The van der Waals surface area contributed by atoms with Crippen LogP contribution in [-0.2, 0) is 4.57 Å². The summed E-state index contributed by atoms with van der Waals surface area (Å²) >= 11 is 0. The van der Waals surface area contributed by atoms with Crippen LogP contribution in [0.3, 0.4) is 0 Å². The van der Waals surface area contributed by atoms with Crippen LogP contribution < -0.4 is 4.89 Å². The van der Waals surface area contributed by atoms with Crippen LogP contribution in [0.1, 0.15) is 129 Å². The second-order valence-corrected chi connectivity index (χ2v) is 11.4. The monoisotopic (exact) mass is 442 g/mol. The number of quaternary nitrogens is 1. The number of hydrogen-bond donors (Lipinski definition) is 0. The molecular weight excluding hydrogens is 389 g/mol. The van der Waals surface area contributed by atoms with Crippen molar-refractivity contribution in [1.29, 1.82) is 0 Å². The maximum Gasteiger partial charge on any atom is 0.376 e. The minimum atomic E-state index is -2.42. The minimum Gasteiger partial charge on any atom is -0.590 e. The van der Waals surface area contributed by atoms with E-state index in [4.69, 9.17) is 0 Å². The van der Waals surface area contributed by atoms with Gasteiger partial charge in [-0.05, 0) is 38.5 Å². The molecule has 0 amide bonds. The van der Waals surface area contributed by atoms with Crippen LogP contribution in [0.4, 0.5) is 0 Å². The normalized spacial score (nSPS) is 14.9. The highest BCUT2D eigenvalue weighted by atomic mass is 31.1. The summed E-state index contributed by atoms with van der Waals surface area (Å²) in [6, 6.07) is 0. The molecule has 0 aliphatic rings. The van der Waals surface area contributed by atoms with E-state index in [1.165, 1.54) is 83.5 Å². The molecule has 0 saturated heterocycles. The third kappa shape index (κ3) is 13.2. The molecule has 0 aliphatic heterocycles. The van der Waals surface area contributed by atoms with Crippen LogP contribution in [0, 0.1) is 0 Å². The maximum atomic E-state index is 12.1. The van der Waals surface area contributed by atoms with E-state index in [1.807, 2.05) is 21.1 Å². The molecule has 0 N–H and O–H groups in total. The molecule has 0 rings (SSSR count). The molecule has 0 aliphatic carbocycles. The van der Waals surface area contributed by atoms with Gasteiger partial charge in [-0.25, -0.2) is 0 Å². The fraction of sp³-hybridized carbons (Fsp3) is 0.923. The van der Waals surface area contributed by atoms with Crippen molar-refractivity contribution >= 4 is 8.03 Å². The van der Waals surface area contributed by atoms with Gasteiger partial charge in [0.05, 0.1) is 21.1 Å². The SMILES string of the molecule is CCCCCCCCCCC=CCCCCCCCC(CCC)([P+](=O)[O-])[N+](C)(C)C. The van der Waals surface area contributed by atoms with Crippen LogP contribution in [0.15, 0.2) is 12.2 Å². The molecule has 0 aromatic carbocycles. The van der Waals surface area contributed by atoms with Gasteiger partial charge in [-0.1, -0.05) is 94.8 Å². The van der Waals surface area contributed by atoms with Crippen molar-refractivity contribution in [2.75, 3.05) is 21.1 Å². The number of nitrogens with zero attached hydrogens (tertiary/aromatic N) is 1. The third-order valence-corrected chi connectivity index (χ3v) is 8.30. The molecule has 0 aromatic rings. The first kappa shape index (κ1) is 29.8. The lowest BCUT2D eigenvalue weighted by atomic mass is 9.99. The molecule has 0 spiro atoms. The van der Waals surface area contributed by atoms with E-state index in [9.17, 15) is 9.46 Å². The van der Waals surface area contributed by atoms with Crippen molar-refractivity contribution in [1.82, 2.24) is 0 Å². The highest BCUT2D eigenvalue weighted by Crippen LogP contribution is 2.45. The van der Waals surface area contributed by atoms with Gasteiger partial charge in [-0.3, -0.25) is 4.48 Å². The highest BCUT2D eigenvalue weighted by Gasteiger charge is 2.53. The van der Waals surface area contributed by atoms with Gasteiger partial charge in [0.2, 0.25) is 0 Å². The summed E-state index contributed by atoms with van der Waals surface area (Å²) in [6.07, 6.45) is 26.7. The first-order chi connectivity index (χ1) is 14.3. The molecule has 0 bridgehead atoms. The lowest BCUT2D eigenvalue weighted by molar-refractivity contribution is -0.910. The van der Waals surface area contributed by atoms with Gasteiger partial charge in [0.1, 0.15) is 0 Å². The van der Waals surface area contributed by atoms with Gasteiger partial charge in [0.15, 0.2) is 0 Å². The Kier molecular flexibility index (Phi) is 18.2. The average molecular weight is 443 g/mol. The number of allylic oxidation sites excluding steroid dienone is 2. The predicted octanol–water partition coefficient (Wildman–Crippen LogP) is 8.11. The standard InChI is InChI=1S/C26H53NO2P/c1-6-8-9-10-11-12-13-14-15-16-17-18-19-20-21-22-23-25-26(24-7-2,30(28)29)27(3,4)5/h16-17H,6-15,18-25H2,1-5H3/q+1. The van der Waals surface area contributed by atoms with Crippen LogP contribution in [0.5, 0.6) is 0 Å². The maximum absolute atomic E-state index is 12.1. The van der Waals surface area contributed by atoms with Gasteiger partial charge in [-0.15, -0.1) is 0 Å². The van der Waals surface area contributed by atoms with Crippen LogP contribution >= 0.6 is 8.03 Å². The Hall–Kier alpha value is -0.240. The summed E-state index contributed by atoms with van der Waals surface area (Å²) in [7, 11) is 3.66. The zero-order chi connectivity index (χ0) is 22.7. The van der Waals surface area contributed by atoms with E-state index in [0.717, 1.165) is 32.1 Å². The van der Waals surface area contributed by atoms with Crippen molar-refractivity contribution < 1.29 is 13.9 Å². The van der Waals surface area contributed by atoms with E-state index < -0.39 is 13.3 Å². The summed E-state index contributed by atoms with van der Waals surface area (Å²) in [5, 5.41) is -0.595. The molecule has 4 heteroatoms. The fourth-order valence-electron chi connectivity index (χ4n) is 4.46. The molecule has 0 aromatic heterocycles. The zero-order valence-electron chi connectivity index (χ0n) is 21.1. The van der Waals surface area contributed by atoms with E-state index >= 15 is 0 Å². The molecule has 178 valence electrons. The summed E-state index contributed by atoms with van der Waals surface area (Å²) in [5.74, 6) is 0. The largest absolute Gasteiger partial charge is 0.590 e. The van der Waals surface area contributed by atoms with Crippen LogP contribution in [0.25, 0.3) is 0 Å². The summed E-state index contributed by atoms with van der Waals surface area (Å²) in [4.78, 5) is 12.1. The van der Waals surface area contributed by atoms with Gasteiger partial charge in [0, 0.05) is 12.8 Å². The van der Waals surface area contributed by atoms with Gasteiger partial charge < -0.3 is 4.89 Å². The minimum absolute atomic E-state index is 0.517. The Bertz CT molecular complexity index is 445. The molecule has 0 heterocycles. The van der Waals surface area contributed by atoms with Crippen molar-refractivity contribution in [2.24, 2.45) is 0 Å². The van der Waals surface area contributed by atoms with E-state index in [1.54, 1.807) is 0 Å². The van der Waals surface area contributed by atoms with E-state index in [-0.39, 0.29) is 0 Å². The molecule has 0 saturated carbocycles. The average Bonchev–Trinajstić information content (AvgIpc) is 2.68. The van der Waals surface area contributed by atoms with Gasteiger partial charge >= 0.3 is 8.03 Å². The first-order valence-electron chi connectivity index (χ1n) is 12.9.